The number of anilines is 1. The zero-order valence-electron chi connectivity index (χ0n) is 27.1. The van der Waals surface area contributed by atoms with Crippen molar-refractivity contribution in [3.8, 4) is 62.8 Å². The van der Waals surface area contributed by atoms with Crippen molar-refractivity contribution >= 4 is 11.6 Å². The molecule has 5 aromatic rings. The molecule has 4 aromatic carbocycles. The number of fused-ring (bicyclic) bond motifs is 1. The van der Waals surface area contributed by atoms with Crippen molar-refractivity contribution in [2.24, 2.45) is 0 Å². The van der Waals surface area contributed by atoms with E-state index >= 15 is 0 Å². The average molecular weight is 654 g/mol. The maximum absolute atomic E-state index is 12.6. The molecule has 12 heteroatoms. The Bertz CT molecular complexity index is 1900. The van der Waals surface area contributed by atoms with Gasteiger partial charge >= 0.3 is 0 Å². The zero-order chi connectivity index (χ0) is 33.6. The number of nitrogens with one attached hydrogen (secondary N) is 2. The van der Waals surface area contributed by atoms with Gasteiger partial charge in [0.2, 0.25) is 5.75 Å². The molecule has 48 heavy (non-hydrogen) atoms. The van der Waals surface area contributed by atoms with Crippen molar-refractivity contribution < 1.29 is 42.5 Å². The summed E-state index contributed by atoms with van der Waals surface area (Å²) in [5.41, 5.74) is 4.26. The van der Waals surface area contributed by atoms with Crippen molar-refractivity contribution in [3.05, 3.63) is 90.0 Å². The van der Waals surface area contributed by atoms with Crippen LogP contribution in [0.4, 0.5) is 5.69 Å². The topological polar surface area (TPSA) is 132 Å². The van der Waals surface area contributed by atoms with Gasteiger partial charge in [-0.15, -0.1) is 0 Å². The fourth-order valence-electron chi connectivity index (χ4n) is 5.38. The van der Waals surface area contributed by atoms with Crippen LogP contribution >= 0.6 is 0 Å². The van der Waals surface area contributed by atoms with E-state index in [1.165, 1.54) is 0 Å². The van der Waals surface area contributed by atoms with Gasteiger partial charge in [0.15, 0.2) is 40.3 Å². The number of hydrogen-bond acceptors (Lipinski definition) is 11. The Labute approximate surface area is 277 Å². The maximum atomic E-state index is 12.6. The minimum absolute atomic E-state index is 0.146. The van der Waals surface area contributed by atoms with Crippen LogP contribution in [0.25, 0.3) is 22.6 Å². The number of carbonyl (C=O) groups excluding carboxylic acids is 1. The highest BCUT2D eigenvalue weighted by Gasteiger charge is 2.25. The smallest absolute Gasteiger partial charge is 0.255 e. The molecule has 2 N–H and O–H groups in total. The van der Waals surface area contributed by atoms with Crippen LogP contribution in [0.2, 0.25) is 0 Å². The number of carbonyl (C=O) groups is 1. The minimum atomic E-state index is -0.416. The molecule has 0 saturated heterocycles. The molecule has 1 aliphatic heterocycles. The molecule has 6 rings (SSSR count). The number of methoxy groups -OCH3 is 5. The highest BCUT2D eigenvalue weighted by molar-refractivity contribution is 6.01. The van der Waals surface area contributed by atoms with E-state index in [9.17, 15) is 4.79 Å². The summed E-state index contributed by atoms with van der Waals surface area (Å²) in [6, 6.07) is 23.8. The first-order valence-corrected chi connectivity index (χ1v) is 15.0. The maximum Gasteiger partial charge on any atom is 0.255 e. The first kappa shape index (κ1) is 31.9. The van der Waals surface area contributed by atoms with Crippen LogP contribution in [0.15, 0.2) is 83.4 Å². The molecular formula is C36H35N3O9. The van der Waals surface area contributed by atoms with E-state index in [4.69, 9.17) is 37.7 Å². The Hall–Kier alpha value is -6.04. The fraction of sp³-hybridized carbons (Fsp3) is 0.222. The summed E-state index contributed by atoms with van der Waals surface area (Å²) in [6.45, 7) is 0.446. The van der Waals surface area contributed by atoms with Crippen molar-refractivity contribution in [3.63, 3.8) is 0 Å². The van der Waals surface area contributed by atoms with Gasteiger partial charge in [-0.1, -0.05) is 23.4 Å². The highest BCUT2D eigenvalue weighted by atomic mass is 16.6. The second-order valence-corrected chi connectivity index (χ2v) is 10.6. The summed E-state index contributed by atoms with van der Waals surface area (Å²) in [5.74, 6) is 3.98. The van der Waals surface area contributed by atoms with E-state index in [2.05, 4.69) is 15.8 Å². The third kappa shape index (κ3) is 6.45. The molecule has 0 radical (unpaired) electrons. The number of nitrogens with zero attached hydrogens (tertiary/aromatic N) is 1. The molecule has 1 atom stereocenters. The van der Waals surface area contributed by atoms with E-state index < -0.39 is 6.17 Å². The summed E-state index contributed by atoms with van der Waals surface area (Å²) in [7, 11) is 7.80. The van der Waals surface area contributed by atoms with Crippen molar-refractivity contribution in [1.29, 1.82) is 0 Å². The van der Waals surface area contributed by atoms with Gasteiger partial charge in [0.25, 0.3) is 5.91 Å². The third-order valence-corrected chi connectivity index (χ3v) is 7.79. The van der Waals surface area contributed by atoms with Crippen LogP contribution in [0.5, 0.6) is 40.2 Å². The van der Waals surface area contributed by atoms with Crippen LogP contribution in [0.1, 0.15) is 22.1 Å². The second-order valence-electron chi connectivity index (χ2n) is 10.6. The molecule has 0 saturated carbocycles. The Morgan fingerprint density at radius 3 is 2.02 bits per heavy atom. The van der Waals surface area contributed by atoms with E-state index in [0.717, 1.165) is 16.8 Å². The molecule has 1 amide bonds. The number of rotatable bonds is 13. The molecule has 0 bridgehead atoms. The molecule has 248 valence electrons. The molecule has 0 spiro atoms. The SMILES string of the molecule is COc1cc(C2NC(=O)c3ccccc3N2)ccc1OCCOc1cc(-c2cc(-c3cc(OC)c(OC)c(OC)c3)on2)ccc1OC. The largest absolute Gasteiger partial charge is 0.493 e. The predicted octanol–water partition coefficient (Wildman–Crippen LogP) is 6.36. The zero-order valence-corrected chi connectivity index (χ0v) is 27.1. The van der Waals surface area contributed by atoms with Crippen molar-refractivity contribution in [1.82, 2.24) is 10.5 Å². The Kier molecular flexibility index (Phi) is 9.42. The number of amides is 1. The lowest BCUT2D eigenvalue weighted by Gasteiger charge is -2.28. The summed E-state index contributed by atoms with van der Waals surface area (Å²) >= 11 is 0. The quantitative estimate of drug-likeness (QED) is 0.138. The summed E-state index contributed by atoms with van der Waals surface area (Å²) < 4.78 is 45.3. The molecule has 0 fully saturated rings. The lowest BCUT2D eigenvalue weighted by atomic mass is 10.1. The van der Waals surface area contributed by atoms with Crippen molar-refractivity contribution in [2.75, 3.05) is 54.1 Å². The first-order valence-electron chi connectivity index (χ1n) is 15.0. The highest BCUT2D eigenvalue weighted by Crippen LogP contribution is 2.42. The van der Waals surface area contributed by atoms with Gasteiger partial charge in [-0.25, -0.2) is 0 Å². The van der Waals surface area contributed by atoms with Crippen LogP contribution < -0.4 is 43.8 Å². The van der Waals surface area contributed by atoms with Gasteiger partial charge in [-0.2, -0.15) is 0 Å². The van der Waals surface area contributed by atoms with E-state index in [-0.39, 0.29) is 19.1 Å². The monoisotopic (exact) mass is 653 g/mol. The van der Waals surface area contributed by atoms with Crippen molar-refractivity contribution in [2.45, 2.75) is 6.17 Å². The average Bonchev–Trinajstić information content (AvgIpc) is 3.63. The van der Waals surface area contributed by atoms with Gasteiger partial charge in [0.1, 0.15) is 25.1 Å². The summed E-state index contributed by atoms with van der Waals surface area (Å²) in [4.78, 5) is 12.6. The van der Waals surface area contributed by atoms with Crippen LogP contribution in [-0.2, 0) is 0 Å². The number of para-hydroxylation sites is 1. The molecule has 1 unspecified atom stereocenters. The van der Waals surface area contributed by atoms with Crippen LogP contribution in [0, 0.1) is 0 Å². The third-order valence-electron chi connectivity index (χ3n) is 7.79. The number of aromatic nitrogens is 1. The second kappa shape index (κ2) is 14.2. The molecule has 2 heterocycles. The molecule has 0 aliphatic carbocycles. The number of ether oxygens (including phenoxy) is 7. The number of benzene rings is 4. The van der Waals surface area contributed by atoms with Gasteiger partial charge in [-0.05, 0) is 60.2 Å². The first-order chi connectivity index (χ1) is 23.5. The van der Waals surface area contributed by atoms with Gasteiger partial charge in [0, 0.05) is 22.9 Å². The molecule has 12 nitrogen and oxygen atoms in total. The van der Waals surface area contributed by atoms with Gasteiger partial charge in [-0.3, -0.25) is 4.79 Å². The Morgan fingerprint density at radius 1 is 0.646 bits per heavy atom. The fourth-order valence-corrected chi connectivity index (χ4v) is 5.38. The van der Waals surface area contributed by atoms with E-state index in [1.54, 1.807) is 65.9 Å². The molecular weight excluding hydrogens is 618 g/mol. The number of hydrogen-bond donors (Lipinski definition) is 2. The van der Waals surface area contributed by atoms with Gasteiger partial charge < -0.3 is 48.3 Å². The van der Waals surface area contributed by atoms with Crippen LogP contribution in [-0.4, -0.2) is 59.8 Å². The predicted molar refractivity (Wildman–Crippen MR) is 178 cm³/mol. The van der Waals surface area contributed by atoms with Gasteiger partial charge in [0.05, 0.1) is 41.1 Å². The lowest BCUT2D eigenvalue weighted by Crippen LogP contribution is -2.38. The van der Waals surface area contributed by atoms with Crippen LogP contribution in [0.3, 0.4) is 0 Å². The Balaban J connectivity index is 1.12. The standard InChI is InChI=1S/C36H35N3O9/c1-41-27-12-10-21(26-20-29(48-39-26)23-18-32(43-3)34(45-5)33(19-23)44-4)16-31(27)47-15-14-46-28-13-11-22(17-30(28)42-2)35-37-25-9-7-6-8-24(25)36(40)38-35/h6-13,16-20,35,37H,14-15H2,1-5H3,(H,38,40). The minimum Gasteiger partial charge on any atom is -0.493 e. The van der Waals surface area contributed by atoms with E-state index in [1.807, 2.05) is 48.5 Å². The molecule has 1 aliphatic rings. The Morgan fingerprint density at radius 2 is 1.31 bits per heavy atom. The molecule has 1 aromatic heterocycles. The van der Waals surface area contributed by atoms with E-state index in [0.29, 0.717) is 62.8 Å². The lowest BCUT2D eigenvalue weighted by molar-refractivity contribution is 0.0935. The summed E-state index contributed by atoms with van der Waals surface area (Å²) in [5, 5.41) is 10.6. The summed E-state index contributed by atoms with van der Waals surface area (Å²) in [6.07, 6.45) is -0.416. The normalized spacial score (nSPS) is 13.4.